The van der Waals surface area contributed by atoms with Crippen LogP contribution in [0.25, 0.3) is 0 Å². The van der Waals surface area contributed by atoms with E-state index in [9.17, 15) is 0 Å². The van der Waals surface area contributed by atoms with E-state index in [1.165, 1.54) is 5.56 Å². The molecule has 0 heterocycles. The third-order valence-corrected chi connectivity index (χ3v) is 3.80. The van der Waals surface area contributed by atoms with Crippen molar-refractivity contribution in [2.24, 2.45) is 0 Å². The molecule has 106 valence electrons. The molecule has 0 spiro atoms. The Labute approximate surface area is 129 Å². The van der Waals surface area contributed by atoms with Crippen molar-refractivity contribution < 1.29 is 4.74 Å². The number of benzene rings is 2. The van der Waals surface area contributed by atoms with Gasteiger partial charge >= 0.3 is 0 Å². The lowest BCUT2D eigenvalue weighted by Gasteiger charge is -2.11. The second-order valence-corrected chi connectivity index (χ2v) is 5.83. The number of anilines is 1. The van der Waals surface area contributed by atoms with Gasteiger partial charge in [-0.25, -0.2) is 0 Å². The highest BCUT2D eigenvalue weighted by atomic mass is 79.9. The van der Waals surface area contributed by atoms with E-state index in [0.717, 1.165) is 22.5 Å². The smallest absolute Gasteiger partial charge is 0.119 e. The molecule has 1 N–H and O–H groups in total. The largest absolute Gasteiger partial charge is 0.492 e. The molecule has 2 aromatic rings. The molecule has 0 fully saturated rings. The number of hydrogen-bond acceptors (Lipinski definition) is 2. The predicted molar refractivity (Wildman–Crippen MR) is 88.7 cm³/mol. The van der Waals surface area contributed by atoms with Gasteiger partial charge in [0.1, 0.15) is 12.4 Å². The van der Waals surface area contributed by atoms with Crippen LogP contribution in [-0.2, 0) is 0 Å². The van der Waals surface area contributed by atoms with Gasteiger partial charge in [-0.05, 0) is 51.7 Å². The molecular formula is C17H20BrNO. The van der Waals surface area contributed by atoms with Crippen molar-refractivity contribution >= 4 is 21.6 Å². The van der Waals surface area contributed by atoms with Gasteiger partial charge in [-0.2, -0.15) is 0 Å². The Morgan fingerprint density at radius 1 is 1.05 bits per heavy atom. The standard InChI is InChI=1S/C17H20BrNO/c1-13(2)14-7-9-15(10-8-14)20-12-11-19-17-6-4-3-5-16(17)18/h3-10,13,19H,11-12H2,1-2H3. The summed E-state index contributed by atoms with van der Waals surface area (Å²) in [6.07, 6.45) is 0. The van der Waals surface area contributed by atoms with Gasteiger partial charge in [0.15, 0.2) is 0 Å². The average molecular weight is 334 g/mol. The minimum absolute atomic E-state index is 0.557. The van der Waals surface area contributed by atoms with E-state index in [-0.39, 0.29) is 0 Å². The molecule has 2 rings (SSSR count). The lowest BCUT2D eigenvalue weighted by molar-refractivity contribution is 0.333. The topological polar surface area (TPSA) is 21.3 Å². The van der Waals surface area contributed by atoms with Crippen LogP contribution >= 0.6 is 15.9 Å². The zero-order valence-corrected chi connectivity index (χ0v) is 13.5. The van der Waals surface area contributed by atoms with E-state index in [1.54, 1.807) is 0 Å². The quantitative estimate of drug-likeness (QED) is 0.745. The first kappa shape index (κ1) is 14.9. The highest BCUT2D eigenvalue weighted by Gasteiger charge is 2.00. The first-order valence-electron chi connectivity index (χ1n) is 6.88. The molecule has 2 aromatic carbocycles. The molecule has 2 nitrogen and oxygen atoms in total. The number of nitrogens with one attached hydrogen (secondary N) is 1. The Morgan fingerprint density at radius 2 is 1.75 bits per heavy atom. The highest BCUT2D eigenvalue weighted by Crippen LogP contribution is 2.21. The fourth-order valence-corrected chi connectivity index (χ4v) is 2.33. The summed E-state index contributed by atoms with van der Waals surface area (Å²) < 4.78 is 6.80. The lowest BCUT2D eigenvalue weighted by Crippen LogP contribution is -2.11. The monoisotopic (exact) mass is 333 g/mol. The minimum Gasteiger partial charge on any atom is -0.492 e. The molecule has 0 aromatic heterocycles. The average Bonchev–Trinajstić information content (AvgIpc) is 2.46. The third-order valence-electron chi connectivity index (χ3n) is 3.11. The zero-order valence-electron chi connectivity index (χ0n) is 11.9. The second-order valence-electron chi connectivity index (χ2n) is 4.98. The predicted octanol–water partition coefficient (Wildman–Crippen LogP) is 5.06. The Hall–Kier alpha value is -1.48. The van der Waals surface area contributed by atoms with Crippen LogP contribution in [0.15, 0.2) is 53.0 Å². The maximum Gasteiger partial charge on any atom is 0.119 e. The molecule has 0 saturated heterocycles. The fourth-order valence-electron chi connectivity index (χ4n) is 1.91. The first-order chi connectivity index (χ1) is 9.66. The summed E-state index contributed by atoms with van der Waals surface area (Å²) in [6.45, 7) is 5.80. The SMILES string of the molecule is CC(C)c1ccc(OCCNc2ccccc2Br)cc1. The number of halogens is 1. The molecule has 0 aliphatic heterocycles. The molecule has 0 unspecified atom stereocenters. The molecule has 0 amide bonds. The van der Waals surface area contributed by atoms with Gasteiger partial charge in [0.2, 0.25) is 0 Å². The molecular weight excluding hydrogens is 314 g/mol. The zero-order chi connectivity index (χ0) is 14.4. The first-order valence-corrected chi connectivity index (χ1v) is 7.67. The maximum atomic E-state index is 5.72. The van der Waals surface area contributed by atoms with E-state index in [0.29, 0.717) is 12.5 Å². The van der Waals surface area contributed by atoms with Crippen molar-refractivity contribution in [2.45, 2.75) is 19.8 Å². The van der Waals surface area contributed by atoms with Crippen LogP contribution in [0.5, 0.6) is 5.75 Å². The van der Waals surface area contributed by atoms with Crippen molar-refractivity contribution in [1.82, 2.24) is 0 Å². The lowest BCUT2D eigenvalue weighted by atomic mass is 10.0. The van der Waals surface area contributed by atoms with Crippen LogP contribution in [-0.4, -0.2) is 13.2 Å². The Balaban J connectivity index is 1.77. The van der Waals surface area contributed by atoms with Gasteiger partial charge in [-0.15, -0.1) is 0 Å². The number of para-hydroxylation sites is 1. The van der Waals surface area contributed by atoms with E-state index in [1.807, 2.05) is 36.4 Å². The second kappa shape index (κ2) is 7.34. The van der Waals surface area contributed by atoms with Gasteiger partial charge in [0.05, 0.1) is 0 Å². The summed E-state index contributed by atoms with van der Waals surface area (Å²) in [5, 5.41) is 3.34. The van der Waals surface area contributed by atoms with Crippen LogP contribution in [0.1, 0.15) is 25.3 Å². The van der Waals surface area contributed by atoms with Gasteiger partial charge < -0.3 is 10.1 Å². The number of hydrogen-bond donors (Lipinski definition) is 1. The van der Waals surface area contributed by atoms with Crippen molar-refractivity contribution in [1.29, 1.82) is 0 Å². The summed E-state index contributed by atoms with van der Waals surface area (Å²) in [6, 6.07) is 16.4. The maximum absolute atomic E-state index is 5.72. The van der Waals surface area contributed by atoms with Crippen molar-refractivity contribution in [3.05, 3.63) is 58.6 Å². The summed E-state index contributed by atoms with van der Waals surface area (Å²) in [4.78, 5) is 0. The Morgan fingerprint density at radius 3 is 2.40 bits per heavy atom. The molecule has 0 bridgehead atoms. The molecule has 0 aliphatic carbocycles. The Bertz CT molecular complexity index is 537. The molecule has 3 heteroatoms. The minimum atomic E-state index is 0.557. The summed E-state index contributed by atoms with van der Waals surface area (Å²) >= 11 is 3.51. The van der Waals surface area contributed by atoms with Crippen LogP contribution < -0.4 is 10.1 Å². The molecule has 20 heavy (non-hydrogen) atoms. The summed E-state index contributed by atoms with van der Waals surface area (Å²) in [5.41, 5.74) is 2.43. The van der Waals surface area contributed by atoms with Gasteiger partial charge in [0.25, 0.3) is 0 Å². The number of ether oxygens (including phenoxy) is 1. The van der Waals surface area contributed by atoms with Crippen molar-refractivity contribution in [3.63, 3.8) is 0 Å². The molecule has 0 aliphatic rings. The number of rotatable bonds is 6. The van der Waals surface area contributed by atoms with E-state index in [2.05, 4.69) is 47.2 Å². The summed E-state index contributed by atoms with van der Waals surface area (Å²) in [7, 11) is 0. The van der Waals surface area contributed by atoms with Gasteiger partial charge in [-0.3, -0.25) is 0 Å². The van der Waals surface area contributed by atoms with E-state index >= 15 is 0 Å². The molecule has 0 radical (unpaired) electrons. The normalized spacial score (nSPS) is 10.6. The summed E-state index contributed by atoms with van der Waals surface area (Å²) in [5.74, 6) is 1.48. The van der Waals surface area contributed by atoms with Crippen LogP contribution in [0.4, 0.5) is 5.69 Å². The molecule has 0 saturated carbocycles. The van der Waals surface area contributed by atoms with Crippen molar-refractivity contribution in [2.75, 3.05) is 18.5 Å². The van der Waals surface area contributed by atoms with E-state index < -0.39 is 0 Å². The fraction of sp³-hybridized carbons (Fsp3) is 0.294. The third kappa shape index (κ3) is 4.27. The van der Waals surface area contributed by atoms with Crippen LogP contribution in [0.3, 0.4) is 0 Å². The van der Waals surface area contributed by atoms with Crippen LogP contribution in [0.2, 0.25) is 0 Å². The van der Waals surface area contributed by atoms with Gasteiger partial charge in [-0.1, -0.05) is 38.1 Å². The Kier molecular flexibility index (Phi) is 5.48. The van der Waals surface area contributed by atoms with Crippen molar-refractivity contribution in [3.8, 4) is 5.75 Å². The van der Waals surface area contributed by atoms with E-state index in [4.69, 9.17) is 4.74 Å². The van der Waals surface area contributed by atoms with Gasteiger partial charge in [0, 0.05) is 16.7 Å². The van der Waals surface area contributed by atoms with Crippen LogP contribution in [0, 0.1) is 0 Å². The highest BCUT2D eigenvalue weighted by molar-refractivity contribution is 9.10. The molecule has 0 atom stereocenters.